The number of fused-ring (bicyclic) bond motifs is 1. The lowest BCUT2D eigenvalue weighted by molar-refractivity contribution is -0.150. The zero-order valence-electron chi connectivity index (χ0n) is 15.0. The maximum Gasteiger partial charge on any atom is 0.333 e. The summed E-state index contributed by atoms with van der Waals surface area (Å²) in [5.74, 6) is -0.468. The predicted molar refractivity (Wildman–Crippen MR) is 102 cm³/mol. The second-order valence-electron chi connectivity index (χ2n) is 7.34. The van der Waals surface area contributed by atoms with Gasteiger partial charge in [0.1, 0.15) is 5.60 Å². The molecule has 136 valence electrons. The normalized spacial score (nSPS) is 14.3. The zero-order chi connectivity index (χ0) is 18.7. The van der Waals surface area contributed by atoms with Gasteiger partial charge in [-0.15, -0.1) is 11.3 Å². The van der Waals surface area contributed by atoms with Crippen molar-refractivity contribution in [2.24, 2.45) is 0 Å². The van der Waals surface area contributed by atoms with Gasteiger partial charge in [-0.2, -0.15) is 0 Å². The molecule has 2 N–H and O–H groups in total. The molecule has 25 heavy (non-hydrogen) atoms. The SMILES string of the molecule is C=C(C[C@@](CO)(CCO)c1cc2ccccc2s1)C(=O)OC(C)(C)C. The lowest BCUT2D eigenvalue weighted by Gasteiger charge is -2.31. The number of carbonyl (C=O) groups excluding carboxylic acids is 1. The van der Waals surface area contributed by atoms with Gasteiger partial charge in [0, 0.05) is 27.2 Å². The van der Waals surface area contributed by atoms with Gasteiger partial charge >= 0.3 is 5.97 Å². The van der Waals surface area contributed by atoms with E-state index in [0.29, 0.717) is 12.0 Å². The standard InChI is InChI=1S/C20H26O4S/c1-14(18(23)24-19(2,3)4)12-20(13-22,9-10-21)17-11-15-7-5-6-8-16(15)25-17/h5-8,11,21-22H,1,9-10,12-13H2,2-4H3/t20-/m1/s1. The second kappa shape index (κ2) is 7.68. The van der Waals surface area contributed by atoms with Crippen molar-refractivity contribution in [3.63, 3.8) is 0 Å². The number of hydrogen-bond donors (Lipinski definition) is 2. The molecule has 0 spiro atoms. The number of aliphatic hydroxyl groups excluding tert-OH is 2. The van der Waals surface area contributed by atoms with Crippen molar-refractivity contribution < 1.29 is 19.7 Å². The first-order valence-electron chi connectivity index (χ1n) is 8.33. The van der Waals surface area contributed by atoms with Crippen molar-refractivity contribution >= 4 is 27.4 Å². The van der Waals surface area contributed by atoms with Crippen molar-refractivity contribution in [1.82, 2.24) is 0 Å². The molecule has 2 aromatic rings. The highest BCUT2D eigenvalue weighted by molar-refractivity contribution is 7.19. The summed E-state index contributed by atoms with van der Waals surface area (Å²) in [6, 6.07) is 9.99. The molecule has 1 heterocycles. The van der Waals surface area contributed by atoms with E-state index in [-0.39, 0.29) is 19.6 Å². The number of ether oxygens (including phenoxy) is 1. The van der Waals surface area contributed by atoms with Crippen LogP contribution in [0, 0.1) is 0 Å². The van der Waals surface area contributed by atoms with Crippen molar-refractivity contribution in [3.8, 4) is 0 Å². The molecule has 2 rings (SSSR count). The zero-order valence-corrected chi connectivity index (χ0v) is 15.9. The quantitative estimate of drug-likeness (QED) is 0.581. The molecule has 1 atom stereocenters. The number of rotatable bonds is 7. The molecule has 0 aliphatic heterocycles. The minimum absolute atomic E-state index is 0.0869. The third-order valence-corrected chi connectivity index (χ3v) is 5.44. The van der Waals surface area contributed by atoms with Crippen molar-refractivity contribution in [1.29, 1.82) is 0 Å². The van der Waals surface area contributed by atoms with Gasteiger partial charge in [0.25, 0.3) is 0 Å². The average Bonchev–Trinajstić information content (AvgIpc) is 2.97. The van der Waals surface area contributed by atoms with E-state index in [1.165, 1.54) is 0 Å². The molecule has 1 aromatic heterocycles. The highest BCUT2D eigenvalue weighted by Gasteiger charge is 2.36. The first-order chi connectivity index (χ1) is 11.7. The number of aliphatic hydroxyl groups is 2. The Balaban J connectivity index is 2.34. The lowest BCUT2D eigenvalue weighted by atomic mass is 9.78. The Morgan fingerprint density at radius 1 is 1.24 bits per heavy atom. The van der Waals surface area contributed by atoms with E-state index in [1.54, 1.807) is 32.1 Å². The number of thiophene rings is 1. The van der Waals surface area contributed by atoms with E-state index in [0.717, 1.165) is 15.0 Å². The Hall–Kier alpha value is -1.69. The summed E-state index contributed by atoms with van der Waals surface area (Å²) in [7, 11) is 0. The molecule has 0 fully saturated rings. The van der Waals surface area contributed by atoms with Crippen molar-refractivity contribution in [2.75, 3.05) is 13.2 Å². The Bertz CT molecular complexity index is 723. The second-order valence-corrected chi connectivity index (χ2v) is 8.43. The molecular weight excluding hydrogens is 336 g/mol. The fraction of sp³-hybridized carbons (Fsp3) is 0.450. The molecule has 0 unspecified atom stereocenters. The van der Waals surface area contributed by atoms with Crippen LogP contribution >= 0.6 is 11.3 Å². The van der Waals surface area contributed by atoms with Crippen LogP contribution in [0.2, 0.25) is 0 Å². The van der Waals surface area contributed by atoms with Crippen LogP contribution in [0.4, 0.5) is 0 Å². The van der Waals surface area contributed by atoms with Gasteiger partial charge in [-0.25, -0.2) is 4.79 Å². The summed E-state index contributed by atoms with van der Waals surface area (Å²) >= 11 is 1.57. The van der Waals surface area contributed by atoms with E-state index in [1.807, 2.05) is 30.3 Å². The third-order valence-electron chi connectivity index (χ3n) is 4.08. The first kappa shape index (κ1) is 19.6. The Kier molecular flexibility index (Phi) is 6.03. The summed E-state index contributed by atoms with van der Waals surface area (Å²) in [6.07, 6.45) is 0.587. The Morgan fingerprint density at radius 3 is 2.48 bits per heavy atom. The maximum atomic E-state index is 12.3. The topological polar surface area (TPSA) is 66.8 Å². The van der Waals surface area contributed by atoms with Crippen LogP contribution in [0.15, 0.2) is 42.5 Å². The van der Waals surface area contributed by atoms with Gasteiger partial charge in [-0.3, -0.25) is 0 Å². The van der Waals surface area contributed by atoms with Crippen LogP contribution in [-0.2, 0) is 14.9 Å². The largest absolute Gasteiger partial charge is 0.457 e. The summed E-state index contributed by atoms with van der Waals surface area (Å²) in [4.78, 5) is 13.2. The van der Waals surface area contributed by atoms with E-state index in [4.69, 9.17) is 4.74 Å². The molecule has 4 nitrogen and oxygen atoms in total. The highest BCUT2D eigenvalue weighted by Crippen LogP contribution is 2.41. The fourth-order valence-corrected chi connectivity index (χ4v) is 4.07. The van der Waals surface area contributed by atoms with Gasteiger partial charge in [-0.1, -0.05) is 24.8 Å². The summed E-state index contributed by atoms with van der Waals surface area (Å²) < 4.78 is 6.49. The van der Waals surface area contributed by atoms with Gasteiger partial charge in [0.05, 0.1) is 6.61 Å². The molecule has 0 saturated carbocycles. The monoisotopic (exact) mass is 362 g/mol. The molecule has 5 heteroatoms. The average molecular weight is 362 g/mol. The lowest BCUT2D eigenvalue weighted by Crippen LogP contribution is -2.34. The van der Waals surface area contributed by atoms with Crippen molar-refractivity contribution in [2.45, 2.75) is 44.6 Å². The molecule has 0 radical (unpaired) electrons. The molecule has 1 aromatic carbocycles. The van der Waals surface area contributed by atoms with Gasteiger partial charge in [0.2, 0.25) is 0 Å². The van der Waals surface area contributed by atoms with E-state index >= 15 is 0 Å². The first-order valence-corrected chi connectivity index (χ1v) is 9.14. The van der Waals surface area contributed by atoms with Gasteiger partial charge < -0.3 is 14.9 Å². The fourth-order valence-electron chi connectivity index (χ4n) is 2.80. The van der Waals surface area contributed by atoms with E-state index in [2.05, 4.69) is 6.58 Å². The maximum absolute atomic E-state index is 12.3. The number of benzene rings is 1. The third kappa shape index (κ3) is 4.69. The highest BCUT2D eigenvalue weighted by atomic mass is 32.1. The van der Waals surface area contributed by atoms with Gasteiger partial charge in [-0.05, 0) is 51.1 Å². The van der Waals surface area contributed by atoms with Crippen LogP contribution in [-0.4, -0.2) is 35.0 Å². The molecular formula is C20H26O4S. The van der Waals surface area contributed by atoms with Crippen LogP contribution < -0.4 is 0 Å². The number of carbonyl (C=O) groups is 1. The molecule has 0 amide bonds. The smallest absolute Gasteiger partial charge is 0.333 e. The summed E-state index contributed by atoms with van der Waals surface area (Å²) in [5.41, 5.74) is -1.04. The molecule has 0 aliphatic carbocycles. The van der Waals surface area contributed by atoms with Crippen LogP contribution in [0.5, 0.6) is 0 Å². The summed E-state index contributed by atoms with van der Waals surface area (Å²) in [5, 5.41) is 20.8. The number of esters is 1. The van der Waals surface area contributed by atoms with Crippen LogP contribution in [0.3, 0.4) is 0 Å². The van der Waals surface area contributed by atoms with E-state index in [9.17, 15) is 15.0 Å². The molecule has 0 bridgehead atoms. The predicted octanol–water partition coefficient (Wildman–Crippen LogP) is 3.80. The van der Waals surface area contributed by atoms with Gasteiger partial charge in [0.15, 0.2) is 0 Å². The molecule has 0 aliphatic rings. The minimum atomic E-state index is -0.744. The van der Waals surface area contributed by atoms with Crippen LogP contribution in [0.25, 0.3) is 10.1 Å². The van der Waals surface area contributed by atoms with E-state index < -0.39 is 17.0 Å². The van der Waals surface area contributed by atoms with Crippen molar-refractivity contribution in [3.05, 3.63) is 47.4 Å². The van der Waals surface area contributed by atoms with Crippen LogP contribution in [0.1, 0.15) is 38.5 Å². The Morgan fingerprint density at radius 2 is 1.92 bits per heavy atom. The molecule has 0 saturated heterocycles. The number of hydrogen-bond acceptors (Lipinski definition) is 5. The summed E-state index contributed by atoms with van der Waals surface area (Å²) in [6.45, 7) is 9.01. The minimum Gasteiger partial charge on any atom is -0.457 e. The Labute approximate surface area is 152 Å².